The van der Waals surface area contributed by atoms with Crippen molar-refractivity contribution in [1.82, 2.24) is 5.32 Å². The highest BCUT2D eigenvalue weighted by molar-refractivity contribution is 7.99. The highest BCUT2D eigenvalue weighted by Crippen LogP contribution is 2.37. The van der Waals surface area contributed by atoms with Crippen LogP contribution in [0.5, 0.6) is 0 Å². The smallest absolute Gasteiger partial charge is 0.319 e. The average molecular weight is 337 g/mol. The van der Waals surface area contributed by atoms with Crippen LogP contribution in [0.15, 0.2) is 47.4 Å². The van der Waals surface area contributed by atoms with Crippen molar-refractivity contribution in [3.8, 4) is 0 Å². The predicted octanol–water partition coefficient (Wildman–Crippen LogP) is 4.84. The first-order valence-corrected chi connectivity index (χ1v) is 8.23. The molecule has 0 aromatic heterocycles. The first-order chi connectivity index (χ1) is 10.6. The summed E-state index contributed by atoms with van der Waals surface area (Å²) in [6, 6.07) is 11.0. The van der Waals surface area contributed by atoms with E-state index >= 15 is 0 Å². The highest BCUT2D eigenvalue weighted by Gasteiger charge is 2.22. The summed E-state index contributed by atoms with van der Waals surface area (Å²) in [5, 5.41) is 6.31. The number of carbonyl (C=O) groups excluding carboxylic acids is 1. The van der Waals surface area contributed by atoms with Gasteiger partial charge in [-0.15, -0.1) is 11.8 Å². The normalized spacial score (nSPS) is 16.7. The summed E-state index contributed by atoms with van der Waals surface area (Å²) in [5.74, 6) is 0.606. The Morgan fingerprint density at radius 1 is 1.23 bits per heavy atom. The second-order valence-electron chi connectivity index (χ2n) is 4.98. The number of halogens is 2. The first-order valence-electron chi connectivity index (χ1n) is 6.87. The number of thioether (sulfide) groups is 1. The Labute approximate surface area is 137 Å². The molecule has 3 nitrogen and oxygen atoms in total. The minimum absolute atomic E-state index is 0.0737. The van der Waals surface area contributed by atoms with Crippen LogP contribution in [0.2, 0.25) is 5.02 Å². The van der Waals surface area contributed by atoms with Crippen molar-refractivity contribution in [2.45, 2.75) is 17.4 Å². The minimum atomic E-state index is -0.334. The molecule has 114 valence electrons. The van der Waals surface area contributed by atoms with Crippen LogP contribution in [0, 0.1) is 5.82 Å². The maximum Gasteiger partial charge on any atom is 0.319 e. The van der Waals surface area contributed by atoms with Crippen LogP contribution in [0.25, 0.3) is 0 Å². The van der Waals surface area contributed by atoms with Crippen molar-refractivity contribution >= 4 is 35.1 Å². The molecule has 0 unspecified atom stereocenters. The summed E-state index contributed by atoms with van der Waals surface area (Å²) in [4.78, 5) is 13.2. The summed E-state index contributed by atoms with van der Waals surface area (Å²) in [7, 11) is 0. The lowest BCUT2D eigenvalue weighted by molar-refractivity contribution is 0.248. The van der Waals surface area contributed by atoms with Gasteiger partial charge in [0.05, 0.1) is 6.04 Å². The van der Waals surface area contributed by atoms with Crippen molar-refractivity contribution in [3.63, 3.8) is 0 Å². The number of urea groups is 1. The fraction of sp³-hybridized carbons (Fsp3) is 0.188. The molecular weight excluding hydrogens is 323 g/mol. The highest BCUT2D eigenvalue weighted by atomic mass is 35.5. The third-order valence-corrected chi connectivity index (χ3v) is 4.78. The third-order valence-electron chi connectivity index (χ3n) is 3.42. The number of fused-ring (bicyclic) bond motifs is 1. The molecule has 1 heterocycles. The molecule has 3 rings (SSSR count). The predicted molar refractivity (Wildman–Crippen MR) is 88.1 cm³/mol. The Morgan fingerprint density at radius 2 is 2.00 bits per heavy atom. The molecule has 0 fully saturated rings. The molecule has 1 atom stereocenters. The quantitative estimate of drug-likeness (QED) is 0.824. The van der Waals surface area contributed by atoms with Gasteiger partial charge in [0, 0.05) is 21.4 Å². The number of anilines is 1. The van der Waals surface area contributed by atoms with Gasteiger partial charge in [-0.05, 0) is 54.4 Å². The number of hydrogen-bond acceptors (Lipinski definition) is 2. The zero-order chi connectivity index (χ0) is 15.5. The van der Waals surface area contributed by atoms with Gasteiger partial charge in [-0.1, -0.05) is 11.6 Å². The topological polar surface area (TPSA) is 41.1 Å². The average Bonchev–Trinajstić information content (AvgIpc) is 2.50. The molecule has 2 aromatic carbocycles. The van der Waals surface area contributed by atoms with Crippen molar-refractivity contribution < 1.29 is 9.18 Å². The molecule has 2 amide bonds. The van der Waals surface area contributed by atoms with E-state index in [4.69, 9.17) is 11.6 Å². The van der Waals surface area contributed by atoms with Crippen molar-refractivity contribution in [2.75, 3.05) is 11.1 Å². The maximum absolute atomic E-state index is 12.9. The van der Waals surface area contributed by atoms with Crippen molar-refractivity contribution in [3.05, 3.63) is 58.9 Å². The van der Waals surface area contributed by atoms with E-state index in [-0.39, 0.29) is 17.9 Å². The summed E-state index contributed by atoms with van der Waals surface area (Å²) in [5.41, 5.74) is 1.59. The van der Waals surface area contributed by atoms with Crippen LogP contribution < -0.4 is 10.6 Å². The van der Waals surface area contributed by atoms with Crippen LogP contribution >= 0.6 is 23.4 Å². The van der Waals surface area contributed by atoms with Gasteiger partial charge in [0.25, 0.3) is 0 Å². The minimum Gasteiger partial charge on any atom is -0.331 e. The van der Waals surface area contributed by atoms with E-state index in [1.807, 2.05) is 18.2 Å². The van der Waals surface area contributed by atoms with E-state index in [0.717, 1.165) is 22.6 Å². The maximum atomic E-state index is 12.9. The summed E-state index contributed by atoms with van der Waals surface area (Å²) < 4.78 is 12.9. The third kappa shape index (κ3) is 3.54. The summed E-state index contributed by atoms with van der Waals surface area (Å²) >= 11 is 7.81. The Bertz CT molecular complexity index is 693. The molecular formula is C16H14ClFN2OS. The van der Waals surface area contributed by atoms with Crippen LogP contribution in [-0.2, 0) is 0 Å². The number of amides is 2. The van der Waals surface area contributed by atoms with E-state index in [2.05, 4.69) is 10.6 Å². The standard InChI is InChI=1S/C16H14ClFN2OS/c17-10-1-6-15-13(9-10)14(7-8-22-15)20-16(21)19-12-4-2-11(18)3-5-12/h1-6,9,14H,7-8H2,(H2,19,20,21)/t14-/m1/s1. The lowest BCUT2D eigenvalue weighted by Gasteiger charge is -2.26. The second kappa shape index (κ2) is 6.58. The van der Waals surface area contributed by atoms with Crippen LogP contribution in [0.4, 0.5) is 14.9 Å². The molecule has 0 saturated heterocycles. The lowest BCUT2D eigenvalue weighted by Crippen LogP contribution is -2.34. The van der Waals surface area contributed by atoms with Crippen molar-refractivity contribution in [2.24, 2.45) is 0 Å². The lowest BCUT2D eigenvalue weighted by atomic mass is 10.0. The molecule has 0 spiro atoms. The SMILES string of the molecule is O=C(Nc1ccc(F)cc1)N[C@@H]1CCSc2ccc(Cl)cc21. The monoisotopic (exact) mass is 336 g/mol. The molecule has 1 aliphatic rings. The fourth-order valence-electron chi connectivity index (χ4n) is 2.37. The van der Waals surface area contributed by atoms with Crippen LogP contribution in [0.3, 0.4) is 0 Å². The number of carbonyl (C=O) groups is 1. The largest absolute Gasteiger partial charge is 0.331 e. The molecule has 0 aliphatic carbocycles. The van der Waals surface area contributed by atoms with E-state index in [1.54, 1.807) is 11.8 Å². The van der Waals surface area contributed by atoms with Gasteiger partial charge in [-0.3, -0.25) is 0 Å². The van der Waals surface area contributed by atoms with Gasteiger partial charge in [-0.2, -0.15) is 0 Å². The van der Waals surface area contributed by atoms with E-state index in [0.29, 0.717) is 10.7 Å². The van der Waals surface area contributed by atoms with Crippen LogP contribution in [-0.4, -0.2) is 11.8 Å². The fourth-order valence-corrected chi connectivity index (χ4v) is 3.66. The zero-order valence-corrected chi connectivity index (χ0v) is 13.2. The van der Waals surface area contributed by atoms with E-state index in [1.165, 1.54) is 24.3 Å². The summed E-state index contributed by atoms with van der Waals surface area (Å²) in [6.45, 7) is 0. The Morgan fingerprint density at radius 3 is 2.77 bits per heavy atom. The molecule has 6 heteroatoms. The Balaban J connectivity index is 1.70. The van der Waals surface area contributed by atoms with E-state index in [9.17, 15) is 9.18 Å². The molecule has 2 aromatic rings. The zero-order valence-electron chi connectivity index (χ0n) is 11.6. The molecule has 2 N–H and O–H groups in total. The number of nitrogens with one attached hydrogen (secondary N) is 2. The summed E-state index contributed by atoms with van der Waals surface area (Å²) in [6.07, 6.45) is 0.842. The van der Waals surface area contributed by atoms with E-state index < -0.39 is 0 Å². The number of hydrogen-bond donors (Lipinski definition) is 2. The van der Waals surface area contributed by atoms with Gasteiger partial charge >= 0.3 is 6.03 Å². The van der Waals surface area contributed by atoms with Gasteiger partial charge in [-0.25, -0.2) is 9.18 Å². The van der Waals surface area contributed by atoms with Gasteiger partial charge in [0.1, 0.15) is 5.82 Å². The first kappa shape index (κ1) is 15.2. The Kier molecular flexibility index (Phi) is 4.55. The second-order valence-corrected chi connectivity index (χ2v) is 6.55. The molecule has 0 radical (unpaired) electrons. The molecule has 1 aliphatic heterocycles. The number of benzene rings is 2. The Hall–Kier alpha value is -1.72. The number of rotatable bonds is 2. The van der Waals surface area contributed by atoms with Gasteiger partial charge in [0.2, 0.25) is 0 Å². The van der Waals surface area contributed by atoms with Gasteiger partial charge in [0.15, 0.2) is 0 Å². The molecule has 0 saturated carbocycles. The van der Waals surface area contributed by atoms with Crippen molar-refractivity contribution in [1.29, 1.82) is 0 Å². The van der Waals surface area contributed by atoms with Crippen LogP contribution in [0.1, 0.15) is 18.0 Å². The van der Waals surface area contributed by atoms with Gasteiger partial charge < -0.3 is 10.6 Å². The molecule has 22 heavy (non-hydrogen) atoms. The molecule has 0 bridgehead atoms.